The van der Waals surface area contributed by atoms with E-state index in [0.29, 0.717) is 17.6 Å². The van der Waals surface area contributed by atoms with Gasteiger partial charge in [-0.1, -0.05) is 133 Å². The summed E-state index contributed by atoms with van der Waals surface area (Å²) in [5.41, 5.74) is 8.03. The first kappa shape index (κ1) is 26.1. The molecule has 216 valence electrons. The molecule has 0 unspecified atom stereocenters. The minimum absolute atomic E-state index is 0.559. The maximum Gasteiger partial charge on any atom is 0.238 e. The molecule has 3 heterocycles. The summed E-state index contributed by atoms with van der Waals surface area (Å²) in [7, 11) is 0. The topological polar surface area (TPSA) is 56.7 Å². The molecule has 0 fully saturated rings. The summed E-state index contributed by atoms with van der Waals surface area (Å²) in [6.07, 6.45) is 0. The predicted molar refractivity (Wildman–Crippen MR) is 186 cm³/mol. The normalized spacial score (nSPS) is 11.5. The molecule has 0 aliphatic rings. The molecule has 0 amide bonds. The van der Waals surface area contributed by atoms with Crippen LogP contribution >= 0.6 is 0 Å². The number of rotatable bonds is 5. The number of hydrogen-bond donors (Lipinski definition) is 0. The minimum atomic E-state index is 0.559. The Morgan fingerprint density at radius 2 is 0.978 bits per heavy atom. The molecule has 0 bridgehead atoms. The van der Waals surface area contributed by atoms with Gasteiger partial charge in [0.05, 0.1) is 11.0 Å². The van der Waals surface area contributed by atoms with E-state index in [4.69, 9.17) is 19.4 Å². The Hall–Kier alpha value is -6.33. The molecule has 3 aromatic heterocycles. The van der Waals surface area contributed by atoms with Crippen LogP contribution in [0.1, 0.15) is 0 Å². The molecule has 0 aliphatic carbocycles. The molecular formula is C41H26N4O. The molecular weight excluding hydrogens is 564 g/mol. The number of hydrogen-bond acceptors (Lipinski definition) is 4. The molecule has 5 nitrogen and oxygen atoms in total. The van der Waals surface area contributed by atoms with Crippen molar-refractivity contribution in [2.75, 3.05) is 0 Å². The van der Waals surface area contributed by atoms with Crippen LogP contribution in [0.5, 0.6) is 0 Å². The van der Waals surface area contributed by atoms with Crippen LogP contribution in [0, 0.1) is 0 Å². The lowest BCUT2D eigenvalue weighted by Gasteiger charge is -2.11. The highest BCUT2D eigenvalue weighted by Crippen LogP contribution is 2.36. The Morgan fingerprint density at radius 1 is 0.413 bits per heavy atom. The average Bonchev–Trinajstić information content (AvgIpc) is 3.72. The second-order valence-electron chi connectivity index (χ2n) is 11.3. The van der Waals surface area contributed by atoms with Crippen LogP contribution < -0.4 is 0 Å². The SMILES string of the molecule is c1ccc(-c2ccc(-c3nc(-c4ccccc4)nc(-n4c5ccccc5c5ccc(-c6cc7ccccc7o6)cc54)n3)cc2)cc1. The molecule has 46 heavy (non-hydrogen) atoms. The second-order valence-corrected chi connectivity index (χ2v) is 11.3. The smallest absolute Gasteiger partial charge is 0.238 e. The number of para-hydroxylation sites is 2. The molecule has 0 spiro atoms. The summed E-state index contributed by atoms with van der Waals surface area (Å²) in [4.78, 5) is 15.2. The third-order valence-electron chi connectivity index (χ3n) is 8.49. The van der Waals surface area contributed by atoms with Gasteiger partial charge in [0.2, 0.25) is 5.95 Å². The zero-order valence-corrected chi connectivity index (χ0v) is 24.7. The number of fused-ring (bicyclic) bond motifs is 4. The van der Waals surface area contributed by atoms with Crippen LogP contribution in [-0.4, -0.2) is 19.5 Å². The predicted octanol–water partition coefficient (Wildman–Crippen LogP) is 10.4. The molecule has 0 aliphatic heterocycles. The van der Waals surface area contributed by atoms with Gasteiger partial charge in [0.25, 0.3) is 0 Å². The maximum atomic E-state index is 6.27. The zero-order chi connectivity index (χ0) is 30.5. The molecule has 0 saturated carbocycles. The van der Waals surface area contributed by atoms with Crippen LogP contribution in [0.4, 0.5) is 0 Å². The van der Waals surface area contributed by atoms with Crippen molar-refractivity contribution in [3.63, 3.8) is 0 Å². The Labute approximate surface area is 265 Å². The van der Waals surface area contributed by atoms with E-state index in [1.807, 2.05) is 54.6 Å². The van der Waals surface area contributed by atoms with E-state index in [2.05, 4.69) is 108 Å². The van der Waals surface area contributed by atoms with Crippen molar-refractivity contribution in [1.82, 2.24) is 19.5 Å². The van der Waals surface area contributed by atoms with E-state index in [0.717, 1.165) is 60.8 Å². The summed E-state index contributed by atoms with van der Waals surface area (Å²) in [5.74, 6) is 2.61. The molecule has 0 N–H and O–H groups in total. The van der Waals surface area contributed by atoms with Gasteiger partial charge >= 0.3 is 0 Å². The van der Waals surface area contributed by atoms with Crippen molar-refractivity contribution in [3.05, 3.63) is 158 Å². The summed E-state index contributed by atoms with van der Waals surface area (Å²) < 4.78 is 8.41. The molecule has 0 atom stereocenters. The van der Waals surface area contributed by atoms with Gasteiger partial charge in [0, 0.05) is 32.8 Å². The van der Waals surface area contributed by atoms with Crippen molar-refractivity contribution < 1.29 is 4.42 Å². The number of nitrogens with zero attached hydrogens (tertiary/aromatic N) is 4. The fourth-order valence-electron chi connectivity index (χ4n) is 6.22. The lowest BCUT2D eigenvalue weighted by molar-refractivity contribution is 0.631. The van der Waals surface area contributed by atoms with E-state index in [9.17, 15) is 0 Å². The van der Waals surface area contributed by atoms with Gasteiger partial charge in [-0.3, -0.25) is 4.57 Å². The van der Waals surface area contributed by atoms with E-state index >= 15 is 0 Å². The highest BCUT2D eigenvalue weighted by molar-refractivity contribution is 6.10. The van der Waals surface area contributed by atoms with Crippen molar-refractivity contribution >= 4 is 32.8 Å². The molecule has 0 radical (unpaired) electrons. The van der Waals surface area contributed by atoms with Crippen LogP contribution in [-0.2, 0) is 0 Å². The Morgan fingerprint density at radius 3 is 1.74 bits per heavy atom. The third kappa shape index (κ3) is 4.45. The van der Waals surface area contributed by atoms with E-state index < -0.39 is 0 Å². The van der Waals surface area contributed by atoms with Crippen molar-refractivity contribution in [2.45, 2.75) is 0 Å². The van der Waals surface area contributed by atoms with Crippen LogP contribution in [0.2, 0.25) is 0 Å². The molecule has 9 aromatic rings. The van der Waals surface area contributed by atoms with Crippen LogP contribution in [0.15, 0.2) is 162 Å². The van der Waals surface area contributed by atoms with Gasteiger partial charge in [-0.15, -0.1) is 0 Å². The summed E-state index contributed by atoms with van der Waals surface area (Å²) >= 11 is 0. The third-order valence-corrected chi connectivity index (χ3v) is 8.49. The Balaban J connectivity index is 1.26. The fourth-order valence-corrected chi connectivity index (χ4v) is 6.22. The lowest BCUT2D eigenvalue weighted by Crippen LogP contribution is -2.06. The largest absolute Gasteiger partial charge is 0.456 e. The highest BCUT2D eigenvalue weighted by atomic mass is 16.3. The van der Waals surface area contributed by atoms with Crippen LogP contribution in [0.3, 0.4) is 0 Å². The first-order chi connectivity index (χ1) is 22.8. The maximum absolute atomic E-state index is 6.27. The monoisotopic (exact) mass is 590 g/mol. The van der Waals surface area contributed by atoms with Gasteiger partial charge in [0.15, 0.2) is 11.6 Å². The number of furan rings is 1. The Kier molecular flexibility index (Phi) is 6.06. The number of benzene rings is 6. The summed E-state index contributed by atoms with van der Waals surface area (Å²) in [6.45, 7) is 0. The zero-order valence-electron chi connectivity index (χ0n) is 24.7. The van der Waals surface area contributed by atoms with Crippen molar-refractivity contribution in [2.24, 2.45) is 0 Å². The van der Waals surface area contributed by atoms with Gasteiger partial charge in [-0.25, -0.2) is 4.98 Å². The summed E-state index contributed by atoms with van der Waals surface area (Å²) in [6, 6.07) is 53.9. The highest BCUT2D eigenvalue weighted by Gasteiger charge is 2.19. The average molecular weight is 591 g/mol. The van der Waals surface area contributed by atoms with Gasteiger partial charge in [-0.05, 0) is 35.4 Å². The van der Waals surface area contributed by atoms with E-state index in [-0.39, 0.29) is 0 Å². The van der Waals surface area contributed by atoms with Crippen molar-refractivity contribution in [1.29, 1.82) is 0 Å². The second kappa shape index (κ2) is 10.7. The van der Waals surface area contributed by atoms with Gasteiger partial charge in [0.1, 0.15) is 11.3 Å². The first-order valence-corrected chi connectivity index (χ1v) is 15.3. The molecule has 0 saturated heterocycles. The molecule has 6 aromatic carbocycles. The van der Waals surface area contributed by atoms with Crippen LogP contribution in [0.25, 0.3) is 83.9 Å². The quantitative estimate of drug-likeness (QED) is 0.200. The molecule has 9 rings (SSSR count). The van der Waals surface area contributed by atoms with Gasteiger partial charge < -0.3 is 4.42 Å². The summed E-state index contributed by atoms with van der Waals surface area (Å²) in [5, 5.41) is 3.32. The van der Waals surface area contributed by atoms with Crippen molar-refractivity contribution in [3.8, 4) is 51.2 Å². The lowest BCUT2D eigenvalue weighted by atomic mass is 10.0. The minimum Gasteiger partial charge on any atom is -0.456 e. The van der Waals surface area contributed by atoms with E-state index in [1.54, 1.807) is 0 Å². The Bertz CT molecular complexity index is 2480. The number of aromatic nitrogens is 4. The standard InChI is InChI=1S/C41H26N4O/c1-3-11-27(12-4-1)28-19-21-30(22-20-28)40-42-39(29-13-5-2-6-14-29)43-41(44-40)45-35-17-9-8-16-33(35)34-24-23-32(25-36(34)45)38-26-31-15-7-10-18-37(31)46-38/h1-26H. The first-order valence-electron chi connectivity index (χ1n) is 15.3. The van der Waals surface area contributed by atoms with E-state index in [1.165, 1.54) is 5.56 Å². The van der Waals surface area contributed by atoms with Gasteiger partial charge in [-0.2, -0.15) is 9.97 Å². The fraction of sp³-hybridized carbons (Fsp3) is 0. The molecule has 5 heteroatoms.